The third kappa shape index (κ3) is 13.1. The second-order valence-electron chi connectivity index (χ2n) is 6.11. The minimum absolute atomic E-state index is 0.119. The Bertz CT molecular complexity index is 882. The fourth-order valence-corrected chi connectivity index (χ4v) is 2.68. The summed E-state index contributed by atoms with van der Waals surface area (Å²) >= 11 is 5.93. The number of halogens is 7. The summed E-state index contributed by atoms with van der Waals surface area (Å²) in [4.78, 5) is 21.6. The minimum Gasteiger partial charge on any atom is -0.476 e. The summed E-state index contributed by atoms with van der Waals surface area (Å²) in [7, 11) is -3.79. The molecular formula is C15H18ClF6N3O7S. The van der Waals surface area contributed by atoms with Gasteiger partial charge in [0.05, 0.1) is 12.8 Å². The average molecular weight is 534 g/mol. The van der Waals surface area contributed by atoms with Gasteiger partial charge in [0.25, 0.3) is 0 Å². The second-order valence-corrected chi connectivity index (χ2v) is 8.08. The number of nitrogens with two attached hydrogens (primary N) is 1. The van der Waals surface area contributed by atoms with Gasteiger partial charge in [-0.1, -0.05) is 11.6 Å². The number of pyridine rings is 1. The zero-order valence-corrected chi connectivity index (χ0v) is 17.9. The Morgan fingerprint density at radius 2 is 1.55 bits per heavy atom. The van der Waals surface area contributed by atoms with Gasteiger partial charge < -0.3 is 20.3 Å². The van der Waals surface area contributed by atoms with Crippen molar-refractivity contribution in [2.24, 2.45) is 11.1 Å². The molecule has 1 fully saturated rings. The van der Waals surface area contributed by atoms with Crippen LogP contribution in [0.5, 0.6) is 5.88 Å². The quantitative estimate of drug-likeness (QED) is 0.423. The summed E-state index contributed by atoms with van der Waals surface area (Å²) in [5.41, 5.74) is 0. The predicted molar refractivity (Wildman–Crippen MR) is 99.1 cm³/mol. The first kappa shape index (κ1) is 30.6. The van der Waals surface area contributed by atoms with Gasteiger partial charge in [-0.3, -0.25) is 0 Å². The largest absolute Gasteiger partial charge is 0.490 e. The van der Waals surface area contributed by atoms with Gasteiger partial charge in [0.1, 0.15) is 9.92 Å². The summed E-state index contributed by atoms with van der Waals surface area (Å²) in [5, 5.41) is 22.7. The summed E-state index contributed by atoms with van der Waals surface area (Å²) in [6, 6.07) is 1.25. The molecule has 0 bridgehead atoms. The highest BCUT2D eigenvalue weighted by Crippen LogP contribution is 2.25. The van der Waals surface area contributed by atoms with Crippen LogP contribution in [0.1, 0.15) is 12.8 Å². The van der Waals surface area contributed by atoms with E-state index in [2.05, 4.69) is 10.3 Å². The molecule has 10 nitrogen and oxygen atoms in total. The maximum Gasteiger partial charge on any atom is 0.490 e. The van der Waals surface area contributed by atoms with Crippen LogP contribution in [0, 0.1) is 5.92 Å². The molecule has 0 atom stereocenters. The standard InChI is InChI=1S/C11H16ClN3O3S.2C2HF3O2/c12-10-5-9(19(13,16)17)6-15-11(10)18-7-8-1-3-14-4-2-8;2*3-2(4,5)1(6)7/h5-6,8,14H,1-4,7H2,(H2,13,16,17);2*(H,6,7). The topological polar surface area (TPSA) is 169 Å². The third-order valence-corrected chi connectivity index (χ3v) is 4.66. The van der Waals surface area contributed by atoms with Crippen LogP contribution < -0.4 is 15.2 Å². The van der Waals surface area contributed by atoms with Crippen molar-refractivity contribution in [3.8, 4) is 5.88 Å². The van der Waals surface area contributed by atoms with Crippen LogP contribution in [0.25, 0.3) is 0 Å². The van der Waals surface area contributed by atoms with Crippen molar-refractivity contribution < 1.29 is 59.3 Å². The molecule has 1 aliphatic rings. The summed E-state index contributed by atoms with van der Waals surface area (Å²) < 4.78 is 91.3. The van der Waals surface area contributed by atoms with Crippen LogP contribution in [0.3, 0.4) is 0 Å². The van der Waals surface area contributed by atoms with Gasteiger partial charge in [-0.05, 0) is 37.9 Å². The average Bonchev–Trinajstić information content (AvgIpc) is 2.66. The Balaban J connectivity index is 0.000000605. The van der Waals surface area contributed by atoms with Gasteiger partial charge in [0.2, 0.25) is 15.9 Å². The molecule has 5 N–H and O–H groups in total. The fraction of sp³-hybridized carbons (Fsp3) is 0.533. The number of rotatable bonds is 4. The van der Waals surface area contributed by atoms with E-state index in [9.17, 15) is 34.8 Å². The number of hydrogen-bond donors (Lipinski definition) is 4. The molecule has 0 aliphatic carbocycles. The number of carbonyl (C=O) groups is 2. The molecule has 33 heavy (non-hydrogen) atoms. The summed E-state index contributed by atoms with van der Waals surface area (Å²) in [6.45, 7) is 2.50. The Kier molecular flexibility index (Phi) is 11.8. The van der Waals surface area contributed by atoms with Gasteiger partial charge in [-0.2, -0.15) is 26.3 Å². The van der Waals surface area contributed by atoms with Crippen LogP contribution in [0.15, 0.2) is 17.2 Å². The molecule has 0 spiro atoms. The van der Waals surface area contributed by atoms with Crippen LogP contribution in [0.2, 0.25) is 5.02 Å². The Labute approximate surface area is 187 Å². The van der Waals surface area contributed by atoms with E-state index >= 15 is 0 Å². The maximum absolute atomic E-state index is 11.1. The molecule has 0 amide bonds. The van der Waals surface area contributed by atoms with Crippen LogP contribution in [0.4, 0.5) is 26.3 Å². The van der Waals surface area contributed by atoms with Gasteiger partial charge in [-0.25, -0.2) is 28.1 Å². The molecule has 2 heterocycles. The van der Waals surface area contributed by atoms with Gasteiger partial charge in [-0.15, -0.1) is 0 Å². The van der Waals surface area contributed by atoms with Crippen molar-refractivity contribution in [3.05, 3.63) is 17.3 Å². The van der Waals surface area contributed by atoms with Crippen molar-refractivity contribution in [3.63, 3.8) is 0 Å². The number of aromatic nitrogens is 1. The van der Waals surface area contributed by atoms with Gasteiger partial charge in [0, 0.05) is 0 Å². The highest BCUT2D eigenvalue weighted by Gasteiger charge is 2.38. The molecule has 1 aromatic rings. The number of nitrogens with one attached hydrogen (secondary N) is 1. The van der Waals surface area contributed by atoms with Crippen LogP contribution in [-0.2, 0) is 19.6 Å². The first-order valence-electron chi connectivity index (χ1n) is 8.47. The molecule has 1 aromatic heterocycles. The number of primary sulfonamides is 1. The van der Waals surface area contributed by atoms with Gasteiger partial charge >= 0.3 is 24.3 Å². The molecule has 0 radical (unpaired) electrons. The predicted octanol–water partition coefficient (Wildman–Crippen LogP) is 2.03. The van der Waals surface area contributed by atoms with Crippen LogP contribution in [-0.4, -0.2) is 67.6 Å². The molecule has 1 aliphatic heterocycles. The molecule has 0 unspecified atom stereocenters. The number of aliphatic carboxylic acids is 2. The molecule has 18 heteroatoms. The highest BCUT2D eigenvalue weighted by atomic mass is 35.5. The number of alkyl halides is 6. The molecule has 0 aromatic carbocycles. The number of carboxylic acids is 2. The number of ether oxygens (including phenoxy) is 1. The smallest absolute Gasteiger partial charge is 0.476 e. The molecule has 1 saturated heterocycles. The lowest BCUT2D eigenvalue weighted by Crippen LogP contribution is -2.30. The van der Waals surface area contributed by atoms with E-state index in [0.29, 0.717) is 12.5 Å². The normalized spacial score (nSPS) is 14.8. The number of sulfonamides is 1. The number of piperidine rings is 1. The SMILES string of the molecule is NS(=O)(=O)c1cnc(OCC2CCNCC2)c(Cl)c1.O=C(O)C(F)(F)F.O=C(O)C(F)(F)F. The first-order valence-corrected chi connectivity index (χ1v) is 10.4. The molecule has 2 rings (SSSR count). The number of carboxylic acid groups (broad SMARTS) is 2. The van der Waals surface area contributed by atoms with Crippen molar-refractivity contribution in [1.82, 2.24) is 10.3 Å². The fourth-order valence-electron chi connectivity index (χ4n) is 1.91. The van der Waals surface area contributed by atoms with Crippen LogP contribution >= 0.6 is 11.6 Å². The van der Waals surface area contributed by atoms with E-state index in [1.165, 1.54) is 6.07 Å². The van der Waals surface area contributed by atoms with Crippen molar-refractivity contribution in [2.75, 3.05) is 19.7 Å². The monoisotopic (exact) mass is 533 g/mol. The summed E-state index contributed by atoms with van der Waals surface area (Å²) in [6.07, 6.45) is -6.92. The summed E-state index contributed by atoms with van der Waals surface area (Å²) in [5.74, 6) is -4.80. The van der Waals surface area contributed by atoms with E-state index in [4.69, 9.17) is 41.3 Å². The molecule has 0 saturated carbocycles. The first-order chi connectivity index (χ1) is 14.9. The lowest BCUT2D eigenvalue weighted by atomic mass is 9.99. The van der Waals surface area contributed by atoms with Gasteiger partial charge in [0.15, 0.2) is 0 Å². The Morgan fingerprint density at radius 1 is 1.12 bits per heavy atom. The highest BCUT2D eigenvalue weighted by molar-refractivity contribution is 7.89. The third-order valence-electron chi connectivity index (χ3n) is 3.51. The lowest BCUT2D eigenvalue weighted by molar-refractivity contribution is -0.193. The Hall–Kier alpha value is -2.37. The number of hydrogen-bond acceptors (Lipinski definition) is 7. The zero-order chi connectivity index (χ0) is 26.0. The lowest BCUT2D eigenvalue weighted by Gasteiger charge is -2.22. The van der Waals surface area contributed by atoms with E-state index in [1.54, 1.807) is 0 Å². The number of nitrogens with zero attached hydrogens (tertiary/aromatic N) is 1. The maximum atomic E-state index is 11.1. The molecular weight excluding hydrogens is 516 g/mol. The zero-order valence-electron chi connectivity index (χ0n) is 16.3. The van der Waals surface area contributed by atoms with Crippen molar-refractivity contribution in [2.45, 2.75) is 30.1 Å². The van der Waals surface area contributed by atoms with E-state index in [0.717, 1.165) is 32.1 Å². The van der Waals surface area contributed by atoms with E-state index in [1.807, 2.05) is 0 Å². The van der Waals surface area contributed by atoms with Crippen molar-refractivity contribution >= 4 is 33.6 Å². The minimum atomic E-state index is -5.08. The second kappa shape index (κ2) is 12.8. The molecule has 190 valence electrons. The van der Waals surface area contributed by atoms with E-state index in [-0.39, 0.29) is 15.8 Å². The van der Waals surface area contributed by atoms with E-state index < -0.39 is 34.3 Å². The van der Waals surface area contributed by atoms with Crippen molar-refractivity contribution in [1.29, 1.82) is 0 Å². The Morgan fingerprint density at radius 3 is 1.88 bits per heavy atom.